The fourth-order valence-corrected chi connectivity index (χ4v) is 2.48. The summed E-state index contributed by atoms with van der Waals surface area (Å²) in [6.45, 7) is 3.26. The third-order valence-electron chi connectivity index (χ3n) is 2.87. The van der Waals surface area contributed by atoms with Crippen LogP contribution in [0.3, 0.4) is 0 Å². The first-order valence-corrected chi connectivity index (χ1v) is 7.83. The molecule has 0 amide bonds. The molecule has 0 aliphatic rings. The Morgan fingerprint density at radius 3 is 2.57 bits per heavy atom. The Hall–Kier alpha value is -1.17. The average molecular weight is 371 g/mol. The largest absolute Gasteiger partial charge is 0.378 e. The van der Waals surface area contributed by atoms with Crippen LogP contribution in [0, 0.1) is 0 Å². The van der Waals surface area contributed by atoms with Crippen LogP contribution in [0.15, 0.2) is 28.7 Å². The van der Waals surface area contributed by atoms with Crippen molar-refractivity contribution < 1.29 is 4.74 Å². The second-order valence-corrected chi connectivity index (χ2v) is 5.75. The van der Waals surface area contributed by atoms with E-state index in [9.17, 15) is 0 Å². The van der Waals surface area contributed by atoms with Crippen molar-refractivity contribution in [1.82, 2.24) is 9.97 Å². The summed E-state index contributed by atoms with van der Waals surface area (Å²) in [7, 11) is 1.65. The summed E-state index contributed by atoms with van der Waals surface area (Å²) in [5, 5.41) is 3.96. The lowest BCUT2D eigenvalue weighted by Gasteiger charge is -2.12. The number of hydrogen-bond acceptors (Lipinski definition) is 4. The van der Waals surface area contributed by atoms with Gasteiger partial charge in [0.15, 0.2) is 0 Å². The Morgan fingerprint density at radius 2 is 1.95 bits per heavy atom. The zero-order valence-corrected chi connectivity index (χ0v) is 14.3. The van der Waals surface area contributed by atoms with Gasteiger partial charge in [-0.15, -0.1) is 0 Å². The smallest absolute Gasteiger partial charge is 0.144 e. The molecule has 0 bridgehead atoms. The molecule has 4 nitrogen and oxygen atoms in total. The lowest BCUT2D eigenvalue weighted by molar-refractivity contribution is 0.180. The molecule has 0 aliphatic heterocycles. The lowest BCUT2D eigenvalue weighted by Crippen LogP contribution is -2.09. The van der Waals surface area contributed by atoms with E-state index in [0.717, 1.165) is 38.9 Å². The maximum absolute atomic E-state index is 5.90. The molecule has 6 heteroatoms. The Bertz CT molecular complexity index is 577. The van der Waals surface area contributed by atoms with Crippen LogP contribution in [-0.4, -0.2) is 23.6 Å². The summed E-state index contributed by atoms with van der Waals surface area (Å²) in [5.74, 6) is 1.55. The average Bonchev–Trinajstić information content (AvgIpc) is 2.47. The van der Waals surface area contributed by atoms with Crippen LogP contribution in [0.25, 0.3) is 0 Å². The summed E-state index contributed by atoms with van der Waals surface area (Å²) in [6.07, 6.45) is 0.652. The van der Waals surface area contributed by atoms with Crippen LogP contribution in [0.2, 0.25) is 5.02 Å². The van der Waals surface area contributed by atoms with Crippen LogP contribution < -0.4 is 5.32 Å². The third kappa shape index (κ3) is 4.40. The number of benzene rings is 1. The van der Waals surface area contributed by atoms with Gasteiger partial charge in [-0.2, -0.15) is 0 Å². The number of ether oxygens (including phenoxy) is 1. The SMILES string of the molecule is CCNc1nc(Cc2ccc(Cl)cc2)nc(COC)c1Br. The summed E-state index contributed by atoms with van der Waals surface area (Å²) in [4.78, 5) is 9.13. The van der Waals surface area contributed by atoms with E-state index in [1.807, 2.05) is 31.2 Å². The van der Waals surface area contributed by atoms with Gasteiger partial charge in [-0.05, 0) is 40.5 Å². The van der Waals surface area contributed by atoms with Gasteiger partial charge in [-0.1, -0.05) is 23.7 Å². The predicted molar refractivity (Wildman–Crippen MR) is 88.9 cm³/mol. The van der Waals surface area contributed by atoms with Gasteiger partial charge in [-0.3, -0.25) is 0 Å². The minimum absolute atomic E-state index is 0.440. The molecule has 0 saturated heterocycles. The monoisotopic (exact) mass is 369 g/mol. The normalized spacial score (nSPS) is 10.7. The van der Waals surface area contributed by atoms with Gasteiger partial charge in [0.1, 0.15) is 11.6 Å². The maximum Gasteiger partial charge on any atom is 0.144 e. The molecule has 0 atom stereocenters. The lowest BCUT2D eigenvalue weighted by atomic mass is 10.1. The van der Waals surface area contributed by atoms with Crippen molar-refractivity contribution in [3.63, 3.8) is 0 Å². The van der Waals surface area contributed by atoms with Gasteiger partial charge >= 0.3 is 0 Å². The molecule has 2 rings (SSSR count). The molecule has 0 aliphatic carbocycles. The number of aromatic nitrogens is 2. The van der Waals surface area contributed by atoms with Crippen molar-refractivity contribution in [1.29, 1.82) is 0 Å². The number of nitrogens with one attached hydrogen (secondary N) is 1. The Balaban J connectivity index is 2.31. The topological polar surface area (TPSA) is 47.0 Å². The Labute approximate surface area is 138 Å². The first-order chi connectivity index (χ1) is 10.1. The van der Waals surface area contributed by atoms with E-state index < -0.39 is 0 Å². The highest BCUT2D eigenvalue weighted by Gasteiger charge is 2.12. The molecule has 0 unspecified atom stereocenters. The van der Waals surface area contributed by atoms with Gasteiger partial charge in [0, 0.05) is 25.1 Å². The van der Waals surface area contributed by atoms with Gasteiger partial charge in [0.05, 0.1) is 16.8 Å². The van der Waals surface area contributed by atoms with Gasteiger partial charge in [0.2, 0.25) is 0 Å². The van der Waals surface area contributed by atoms with Crippen molar-refractivity contribution in [3.05, 3.63) is 50.8 Å². The number of rotatable bonds is 6. The molecule has 1 heterocycles. The van der Waals surface area contributed by atoms with Gasteiger partial charge < -0.3 is 10.1 Å². The highest BCUT2D eigenvalue weighted by Crippen LogP contribution is 2.25. The number of nitrogens with zero attached hydrogens (tertiary/aromatic N) is 2. The fraction of sp³-hybridized carbons (Fsp3) is 0.333. The fourth-order valence-electron chi connectivity index (χ4n) is 1.93. The first kappa shape index (κ1) is 16.2. The van der Waals surface area contributed by atoms with Crippen molar-refractivity contribution in [2.45, 2.75) is 20.0 Å². The second kappa shape index (κ2) is 7.73. The molecule has 0 saturated carbocycles. The van der Waals surface area contributed by atoms with E-state index in [1.165, 1.54) is 0 Å². The molecule has 1 aromatic carbocycles. The number of anilines is 1. The quantitative estimate of drug-likeness (QED) is 0.833. The summed E-state index contributed by atoms with van der Waals surface area (Å²) >= 11 is 9.43. The molecular formula is C15H17BrClN3O. The van der Waals surface area contributed by atoms with Crippen LogP contribution in [-0.2, 0) is 17.8 Å². The predicted octanol–water partition coefficient (Wildman–Crippen LogP) is 4.06. The molecule has 0 fully saturated rings. The molecule has 1 N–H and O–H groups in total. The van der Waals surface area contributed by atoms with Crippen molar-refractivity contribution in [2.24, 2.45) is 0 Å². The minimum Gasteiger partial charge on any atom is -0.378 e. The number of methoxy groups -OCH3 is 1. The van der Waals surface area contributed by atoms with Crippen molar-refractivity contribution >= 4 is 33.3 Å². The van der Waals surface area contributed by atoms with E-state index in [-0.39, 0.29) is 0 Å². The molecule has 1 aromatic heterocycles. The number of hydrogen-bond donors (Lipinski definition) is 1. The van der Waals surface area contributed by atoms with Gasteiger partial charge in [-0.25, -0.2) is 9.97 Å². The van der Waals surface area contributed by atoms with Crippen LogP contribution >= 0.6 is 27.5 Å². The zero-order valence-electron chi connectivity index (χ0n) is 12.0. The Kier molecular flexibility index (Phi) is 5.96. The van der Waals surface area contributed by atoms with E-state index in [2.05, 4.69) is 31.2 Å². The summed E-state index contributed by atoms with van der Waals surface area (Å²) in [5.41, 5.74) is 1.96. The third-order valence-corrected chi connectivity index (χ3v) is 3.95. The van der Waals surface area contributed by atoms with Crippen molar-refractivity contribution in [3.8, 4) is 0 Å². The second-order valence-electron chi connectivity index (χ2n) is 4.52. The molecule has 21 heavy (non-hydrogen) atoms. The number of halogens is 2. The molecular weight excluding hydrogens is 354 g/mol. The summed E-state index contributed by atoms with van der Waals surface area (Å²) in [6, 6.07) is 7.71. The first-order valence-electron chi connectivity index (χ1n) is 6.66. The zero-order chi connectivity index (χ0) is 15.2. The Morgan fingerprint density at radius 1 is 1.24 bits per heavy atom. The molecule has 0 radical (unpaired) electrons. The van der Waals surface area contributed by atoms with E-state index >= 15 is 0 Å². The van der Waals surface area contributed by atoms with Crippen LogP contribution in [0.4, 0.5) is 5.82 Å². The van der Waals surface area contributed by atoms with E-state index in [1.54, 1.807) is 7.11 Å². The van der Waals surface area contributed by atoms with E-state index in [4.69, 9.17) is 16.3 Å². The minimum atomic E-state index is 0.440. The molecule has 0 spiro atoms. The van der Waals surface area contributed by atoms with Crippen molar-refractivity contribution in [2.75, 3.05) is 19.0 Å². The van der Waals surface area contributed by atoms with Gasteiger partial charge in [0.25, 0.3) is 0 Å². The van der Waals surface area contributed by atoms with E-state index in [0.29, 0.717) is 13.0 Å². The van der Waals surface area contributed by atoms with Crippen LogP contribution in [0.5, 0.6) is 0 Å². The summed E-state index contributed by atoms with van der Waals surface area (Å²) < 4.78 is 6.05. The standard InChI is InChI=1S/C15H17BrClN3O/c1-3-18-15-14(16)12(9-21-2)19-13(20-15)8-10-4-6-11(17)7-5-10/h4-7H,3,8-9H2,1-2H3,(H,18,19,20). The molecule has 112 valence electrons. The molecule has 2 aromatic rings. The maximum atomic E-state index is 5.90. The highest BCUT2D eigenvalue weighted by molar-refractivity contribution is 9.10. The highest BCUT2D eigenvalue weighted by atomic mass is 79.9. The van der Waals surface area contributed by atoms with Crippen LogP contribution in [0.1, 0.15) is 24.0 Å².